The van der Waals surface area contributed by atoms with Crippen molar-refractivity contribution in [2.45, 2.75) is 71.6 Å². The number of benzene rings is 2. The van der Waals surface area contributed by atoms with Crippen LogP contribution in [0, 0.1) is 23.6 Å². The van der Waals surface area contributed by atoms with Crippen molar-refractivity contribution >= 4 is 27.4 Å². The number of carbonyl (C=O) groups is 1. The van der Waals surface area contributed by atoms with E-state index in [1.807, 2.05) is 31.2 Å². The van der Waals surface area contributed by atoms with Crippen LogP contribution < -0.4 is 9.47 Å². The summed E-state index contributed by atoms with van der Waals surface area (Å²) in [7, 11) is 0. The van der Waals surface area contributed by atoms with E-state index in [1.165, 1.54) is 55.9 Å². The number of halogens is 1. The van der Waals surface area contributed by atoms with Crippen molar-refractivity contribution in [1.29, 1.82) is 0 Å². The van der Waals surface area contributed by atoms with E-state index in [9.17, 15) is 4.79 Å². The highest BCUT2D eigenvalue weighted by Crippen LogP contribution is 2.41. The predicted octanol–water partition coefficient (Wildman–Crippen LogP) is 9.34. The molecule has 5 heteroatoms. The number of fused-ring (bicyclic) bond motifs is 1. The van der Waals surface area contributed by atoms with E-state index in [1.54, 1.807) is 12.1 Å². The number of rotatable bonds is 8. The number of thiophene rings is 1. The highest BCUT2D eigenvalue weighted by atomic mass is 32.1. The number of allylic oxidation sites excluding steroid dienone is 1. The molecule has 1 atom stereocenters. The fourth-order valence-electron chi connectivity index (χ4n) is 6.16. The fourth-order valence-corrected chi connectivity index (χ4v) is 7.28. The van der Waals surface area contributed by atoms with Gasteiger partial charge in [0.2, 0.25) is 0 Å². The zero-order valence-corrected chi connectivity index (χ0v) is 22.7. The van der Waals surface area contributed by atoms with Gasteiger partial charge >= 0.3 is 5.97 Å². The maximum Gasteiger partial charge on any atom is 0.339 e. The molecule has 1 aromatic heterocycles. The Morgan fingerprint density at radius 2 is 1.78 bits per heavy atom. The van der Waals surface area contributed by atoms with Gasteiger partial charge in [-0.2, -0.15) is 0 Å². The minimum atomic E-state index is -0.391. The third kappa shape index (κ3) is 6.09. The first-order valence-electron chi connectivity index (χ1n) is 13.9. The van der Waals surface area contributed by atoms with Gasteiger partial charge in [0, 0.05) is 26.8 Å². The van der Waals surface area contributed by atoms with E-state index in [0.717, 1.165) is 57.4 Å². The molecule has 1 saturated carbocycles. The Labute approximate surface area is 223 Å². The molecule has 1 fully saturated rings. The largest absolute Gasteiger partial charge is 0.494 e. The van der Waals surface area contributed by atoms with Crippen LogP contribution in [0.4, 0.5) is 4.39 Å². The fraction of sp³-hybridized carbons (Fsp3) is 0.469. The minimum absolute atomic E-state index is 0.253. The van der Waals surface area contributed by atoms with E-state index >= 15 is 4.39 Å². The van der Waals surface area contributed by atoms with E-state index in [0.29, 0.717) is 18.1 Å². The zero-order valence-electron chi connectivity index (χ0n) is 21.9. The summed E-state index contributed by atoms with van der Waals surface area (Å²) < 4.78 is 27.3. The topological polar surface area (TPSA) is 35.5 Å². The van der Waals surface area contributed by atoms with Gasteiger partial charge in [0.15, 0.2) is 0 Å². The molecule has 1 heterocycles. The molecule has 2 aromatic carbocycles. The van der Waals surface area contributed by atoms with Gasteiger partial charge in [-0.3, -0.25) is 0 Å². The third-order valence-corrected chi connectivity index (χ3v) is 9.32. The van der Waals surface area contributed by atoms with Crippen LogP contribution in [0.1, 0.15) is 71.6 Å². The van der Waals surface area contributed by atoms with Gasteiger partial charge in [0.1, 0.15) is 17.3 Å². The molecule has 0 saturated heterocycles. The number of esters is 1. The number of ether oxygens (including phenoxy) is 2. The second-order valence-electron chi connectivity index (χ2n) is 10.6. The number of carbonyl (C=O) groups excluding carboxylic acids is 1. The first-order chi connectivity index (χ1) is 18.0. The summed E-state index contributed by atoms with van der Waals surface area (Å²) in [6, 6.07) is 12.6. The summed E-state index contributed by atoms with van der Waals surface area (Å²) in [5.41, 5.74) is 1.24. The van der Waals surface area contributed by atoms with Gasteiger partial charge in [-0.25, -0.2) is 9.18 Å². The Kier molecular flexibility index (Phi) is 8.29. The lowest BCUT2D eigenvalue weighted by atomic mass is 9.71. The maximum absolute atomic E-state index is 15.1. The average Bonchev–Trinajstić information content (AvgIpc) is 3.33. The molecule has 0 spiro atoms. The van der Waals surface area contributed by atoms with Gasteiger partial charge < -0.3 is 9.47 Å². The van der Waals surface area contributed by atoms with E-state index in [2.05, 4.69) is 13.0 Å². The minimum Gasteiger partial charge on any atom is -0.494 e. The van der Waals surface area contributed by atoms with Crippen LogP contribution in [-0.2, 0) is 4.79 Å². The van der Waals surface area contributed by atoms with Crippen molar-refractivity contribution in [3.63, 3.8) is 0 Å². The molecule has 0 amide bonds. The van der Waals surface area contributed by atoms with Gasteiger partial charge in [0.25, 0.3) is 0 Å². The van der Waals surface area contributed by atoms with E-state index < -0.39 is 5.82 Å². The highest BCUT2D eigenvalue weighted by molar-refractivity contribution is 7.22. The summed E-state index contributed by atoms with van der Waals surface area (Å²) in [5, 5.41) is 1.05. The second-order valence-corrected chi connectivity index (χ2v) is 11.7. The Morgan fingerprint density at radius 3 is 2.49 bits per heavy atom. The Bertz CT molecular complexity index is 1270. The average molecular weight is 521 g/mol. The standard InChI is InChI=1S/C32H37FO3S/c1-3-5-21-6-8-22(9-7-21)23-10-12-24(13-11-23)32(34)36-27-16-17-28(29(33)19-27)31-18-25-14-15-26(35-4-2)20-30(25)37-31/h12,14-23H,3-11,13H2,1-2H3. The third-order valence-electron chi connectivity index (χ3n) is 8.19. The molecule has 5 rings (SSSR count). The van der Waals surface area contributed by atoms with Gasteiger partial charge in [-0.15, -0.1) is 11.3 Å². The smallest absolute Gasteiger partial charge is 0.339 e. The summed E-state index contributed by atoms with van der Waals surface area (Å²) >= 11 is 1.52. The van der Waals surface area contributed by atoms with Crippen molar-refractivity contribution in [1.82, 2.24) is 0 Å². The van der Waals surface area contributed by atoms with Crippen LogP contribution in [-0.4, -0.2) is 12.6 Å². The second kappa shape index (κ2) is 11.8. The SMILES string of the molecule is CCCC1CCC(C2CC=C(C(=O)Oc3ccc(-c4cc5ccc(OCC)cc5s4)c(F)c3)CC2)CC1. The van der Waals surface area contributed by atoms with Crippen molar-refractivity contribution in [2.75, 3.05) is 6.61 Å². The molecule has 196 valence electrons. The molecular weight excluding hydrogens is 483 g/mol. The van der Waals surface area contributed by atoms with Crippen molar-refractivity contribution in [3.8, 4) is 21.9 Å². The van der Waals surface area contributed by atoms with E-state index in [4.69, 9.17) is 9.47 Å². The Hall–Kier alpha value is -2.66. The molecule has 0 bridgehead atoms. The van der Waals surface area contributed by atoms with Crippen LogP contribution in [0.2, 0.25) is 0 Å². The molecule has 2 aliphatic carbocycles. The van der Waals surface area contributed by atoms with Gasteiger partial charge in [-0.1, -0.05) is 38.7 Å². The lowest BCUT2D eigenvalue weighted by molar-refractivity contribution is -0.130. The lowest BCUT2D eigenvalue weighted by Crippen LogP contribution is -2.24. The van der Waals surface area contributed by atoms with E-state index in [-0.39, 0.29) is 11.7 Å². The summed E-state index contributed by atoms with van der Waals surface area (Å²) in [4.78, 5) is 13.6. The molecule has 1 unspecified atom stereocenters. The highest BCUT2D eigenvalue weighted by Gasteiger charge is 2.29. The first kappa shape index (κ1) is 26.0. The van der Waals surface area contributed by atoms with Crippen LogP contribution in [0.3, 0.4) is 0 Å². The van der Waals surface area contributed by atoms with Crippen LogP contribution >= 0.6 is 11.3 Å². The summed E-state index contributed by atoms with van der Waals surface area (Å²) in [6.45, 7) is 4.84. The molecule has 2 aliphatic rings. The summed E-state index contributed by atoms with van der Waals surface area (Å²) in [6.07, 6.45) is 12.9. The van der Waals surface area contributed by atoms with Crippen molar-refractivity contribution < 1.29 is 18.7 Å². The van der Waals surface area contributed by atoms with Crippen molar-refractivity contribution in [3.05, 3.63) is 59.9 Å². The molecule has 0 N–H and O–H groups in total. The quantitative estimate of drug-likeness (QED) is 0.219. The first-order valence-corrected chi connectivity index (χ1v) is 14.7. The molecular formula is C32H37FO3S. The predicted molar refractivity (Wildman–Crippen MR) is 150 cm³/mol. The molecule has 37 heavy (non-hydrogen) atoms. The van der Waals surface area contributed by atoms with Gasteiger partial charge in [0.05, 0.1) is 6.61 Å². The van der Waals surface area contributed by atoms with Crippen LogP contribution in [0.25, 0.3) is 20.5 Å². The molecule has 0 aliphatic heterocycles. The maximum atomic E-state index is 15.1. The van der Waals surface area contributed by atoms with Crippen LogP contribution in [0.5, 0.6) is 11.5 Å². The molecule has 3 nitrogen and oxygen atoms in total. The number of hydrogen-bond acceptors (Lipinski definition) is 4. The monoisotopic (exact) mass is 520 g/mol. The zero-order chi connectivity index (χ0) is 25.8. The Morgan fingerprint density at radius 1 is 0.973 bits per heavy atom. The normalized spacial score (nSPS) is 22.0. The lowest BCUT2D eigenvalue weighted by Gasteiger charge is -2.35. The van der Waals surface area contributed by atoms with Crippen molar-refractivity contribution in [2.24, 2.45) is 17.8 Å². The molecule has 3 aromatic rings. The Balaban J connectivity index is 1.20. The van der Waals surface area contributed by atoms with Crippen LogP contribution in [0.15, 0.2) is 54.1 Å². The van der Waals surface area contributed by atoms with Gasteiger partial charge in [-0.05, 0) is 98.6 Å². The number of hydrogen-bond donors (Lipinski definition) is 0. The molecule has 0 radical (unpaired) electrons. The summed E-state index contributed by atoms with van der Waals surface area (Å²) in [5.74, 6) is 2.73.